The smallest absolute Gasteiger partial charge is 0.152 e. The van der Waals surface area contributed by atoms with Gasteiger partial charge in [-0.1, -0.05) is 25.5 Å². The molecule has 1 aliphatic rings. The molecule has 0 spiro atoms. The standard InChI is InChI=1S/C13H24O3S/c1-10(2)17(15,16)6-5-11-7-12(14)9-13(3,4)8-11/h7,10,12,14H,5-6,8-9H2,1-4H3. The molecule has 0 aromatic heterocycles. The molecule has 1 unspecified atom stereocenters. The van der Waals surface area contributed by atoms with Gasteiger partial charge >= 0.3 is 0 Å². The van der Waals surface area contributed by atoms with Crippen molar-refractivity contribution in [1.29, 1.82) is 0 Å². The van der Waals surface area contributed by atoms with Gasteiger partial charge < -0.3 is 5.11 Å². The molecule has 3 nitrogen and oxygen atoms in total. The van der Waals surface area contributed by atoms with E-state index >= 15 is 0 Å². The monoisotopic (exact) mass is 260 g/mol. The van der Waals surface area contributed by atoms with Crippen molar-refractivity contribution in [2.45, 2.75) is 58.3 Å². The highest BCUT2D eigenvalue weighted by atomic mass is 32.2. The Bertz CT molecular complexity index is 391. The number of rotatable bonds is 4. The third-order valence-corrected chi connectivity index (χ3v) is 5.53. The molecule has 0 aromatic carbocycles. The first-order valence-corrected chi connectivity index (χ1v) is 7.93. The summed E-state index contributed by atoms with van der Waals surface area (Å²) in [5.41, 5.74) is 1.16. The number of aliphatic hydroxyl groups is 1. The Kier molecular flexibility index (Phi) is 4.42. The molecule has 1 aliphatic carbocycles. The third kappa shape index (κ3) is 4.43. The minimum absolute atomic E-state index is 0.0745. The van der Waals surface area contributed by atoms with Gasteiger partial charge in [0, 0.05) is 0 Å². The maximum atomic E-state index is 11.7. The summed E-state index contributed by atoms with van der Waals surface area (Å²) in [6, 6.07) is 0. The second kappa shape index (κ2) is 5.11. The van der Waals surface area contributed by atoms with E-state index in [0.29, 0.717) is 6.42 Å². The summed E-state index contributed by atoms with van der Waals surface area (Å²) in [7, 11) is -2.97. The van der Waals surface area contributed by atoms with Crippen molar-refractivity contribution >= 4 is 9.84 Å². The Morgan fingerprint density at radius 2 is 2.06 bits per heavy atom. The molecule has 4 heteroatoms. The van der Waals surface area contributed by atoms with Crippen LogP contribution in [0.2, 0.25) is 0 Å². The van der Waals surface area contributed by atoms with Gasteiger partial charge in [-0.25, -0.2) is 8.42 Å². The van der Waals surface area contributed by atoms with E-state index in [1.54, 1.807) is 13.8 Å². The predicted octanol–water partition coefficient (Wildman–Crippen LogP) is 2.31. The lowest BCUT2D eigenvalue weighted by molar-refractivity contribution is 0.138. The number of hydrogen-bond acceptors (Lipinski definition) is 3. The molecule has 0 radical (unpaired) electrons. The first-order valence-electron chi connectivity index (χ1n) is 6.22. The van der Waals surface area contributed by atoms with Crippen LogP contribution in [0.5, 0.6) is 0 Å². The summed E-state index contributed by atoms with van der Waals surface area (Å²) < 4.78 is 23.5. The molecular weight excluding hydrogens is 236 g/mol. The first kappa shape index (κ1) is 14.7. The van der Waals surface area contributed by atoms with Crippen LogP contribution in [-0.4, -0.2) is 30.6 Å². The van der Waals surface area contributed by atoms with Crippen LogP contribution in [0.4, 0.5) is 0 Å². The number of hydrogen-bond donors (Lipinski definition) is 1. The van der Waals surface area contributed by atoms with E-state index in [9.17, 15) is 13.5 Å². The molecule has 0 aromatic rings. The maximum Gasteiger partial charge on any atom is 0.152 e. The second-order valence-electron chi connectivity index (χ2n) is 6.10. The van der Waals surface area contributed by atoms with E-state index in [4.69, 9.17) is 0 Å². The predicted molar refractivity (Wildman–Crippen MR) is 70.6 cm³/mol. The van der Waals surface area contributed by atoms with Gasteiger partial charge in [-0.15, -0.1) is 0 Å². The van der Waals surface area contributed by atoms with Gasteiger partial charge in [0.05, 0.1) is 17.1 Å². The number of sulfone groups is 1. The Labute approximate surface area is 105 Å². The molecule has 0 bridgehead atoms. The average molecular weight is 260 g/mol. The van der Waals surface area contributed by atoms with Gasteiger partial charge in [-0.05, 0) is 38.5 Å². The Morgan fingerprint density at radius 3 is 2.53 bits per heavy atom. The van der Waals surface area contributed by atoms with Crippen molar-refractivity contribution in [3.8, 4) is 0 Å². The van der Waals surface area contributed by atoms with Crippen molar-refractivity contribution < 1.29 is 13.5 Å². The molecule has 0 heterocycles. The largest absolute Gasteiger partial charge is 0.389 e. The summed E-state index contributed by atoms with van der Waals surface area (Å²) in [5, 5.41) is 9.41. The van der Waals surface area contributed by atoms with Gasteiger partial charge in [-0.2, -0.15) is 0 Å². The Hall–Kier alpha value is -0.350. The van der Waals surface area contributed by atoms with Crippen LogP contribution < -0.4 is 0 Å². The summed E-state index contributed by atoms with van der Waals surface area (Å²) in [6.07, 6.45) is 3.61. The van der Waals surface area contributed by atoms with E-state index in [0.717, 1.165) is 18.4 Å². The lowest BCUT2D eigenvalue weighted by atomic mass is 9.75. The van der Waals surface area contributed by atoms with Crippen LogP contribution in [-0.2, 0) is 9.84 Å². The summed E-state index contributed by atoms with van der Waals surface area (Å²) in [5.74, 6) is 0.194. The normalized spacial score (nSPS) is 24.8. The van der Waals surface area contributed by atoms with Gasteiger partial charge in [0.1, 0.15) is 0 Å². The molecule has 0 saturated carbocycles. The van der Waals surface area contributed by atoms with Crippen LogP contribution in [0.15, 0.2) is 11.6 Å². The Balaban J connectivity index is 2.65. The van der Waals surface area contributed by atoms with Crippen molar-refractivity contribution in [2.75, 3.05) is 5.75 Å². The molecule has 1 rings (SSSR count). The Morgan fingerprint density at radius 1 is 1.47 bits per heavy atom. The fourth-order valence-electron chi connectivity index (χ4n) is 2.32. The summed E-state index contributed by atoms with van der Waals surface area (Å²) in [4.78, 5) is 0. The average Bonchev–Trinajstić information content (AvgIpc) is 2.11. The topological polar surface area (TPSA) is 54.4 Å². The van der Waals surface area contributed by atoms with Gasteiger partial charge in [0.25, 0.3) is 0 Å². The quantitative estimate of drug-likeness (QED) is 0.789. The third-order valence-electron chi connectivity index (χ3n) is 3.32. The lowest BCUT2D eigenvalue weighted by Crippen LogP contribution is -2.26. The van der Waals surface area contributed by atoms with E-state index in [1.165, 1.54) is 0 Å². The molecule has 100 valence electrons. The van der Waals surface area contributed by atoms with Crippen LogP contribution in [0, 0.1) is 5.41 Å². The molecule has 1 N–H and O–H groups in total. The highest BCUT2D eigenvalue weighted by molar-refractivity contribution is 7.91. The summed E-state index contributed by atoms with van der Waals surface area (Å²) >= 11 is 0. The van der Waals surface area contributed by atoms with Crippen LogP contribution in [0.3, 0.4) is 0 Å². The van der Waals surface area contributed by atoms with Crippen molar-refractivity contribution in [3.63, 3.8) is 0 Å². The zero-order valence-electron chi connectivity index (χ0n) is 11.2. The molecule has 0 fully saturated rings. The zero-order chi connectivity index (χ0) is 13.3. The van der Waals surface area contributed by atoms with E-state index in [1.807, 2.05) is 6.08 Å². The van der Waals surface area contributed by atoms with E-state index in [2.05, 4.69) is 13.8 Å². The summed E-state index contributed by atoms with van der Waals surface area (Å²) in [6.45, 7) is 7.65. The van der Waals surface area contributed by atoms with E-state index < -0.39 is 15.9 Å². The highest BCUT2D eigenvalue weighted by Crippen LogP contribution is 2.36. The highest BCUT2D eigenvalue weighted by Gasteiger charge is 2.28. The fourth-order valence-corrected chi connectivity index (χ4v) is 3.34. The minimum Gasteiger partial charge on any atom is -0.389 e. The fraction of sp³-hybridized carbons (Fsp3) is 0.846. The van der Waals surface area contributed by atoms with Gasteiger partial charge in [0.2, 0.25) is 0 Å². The number of allylic oxidation sites excluding steroid dienone is 1. The molecular formula is C13H24O3S. The molecule has 1 atom stereocenters. The molecule has 0 aliphatic heterocycles. The SMILES string of the molecule is CC(C)S(=O)(=O)CCC1=CC(O)CC(C)(C)C1. The van der Waals surface area contributed by atoms with Crippen LogP contribution in [0.25, 0.3) is 0 Å². The zero-order valence-corrected chi connectivity index (χ0v) is 12.0. The van der Waals surface area contributed by atoms with Gasteiger partial charge in [0.15, 0.2) is 9.84 Å². The minimum atomic E-state index is -2.97. The maximum absolute atomic E-state index is 11.7. The van der Waals surface area contributed by atoms with E-state index in [-0.39, 0.29) is 16.4 Å². The first-order chi connectivity index (χ1) is 7.62. The van der Waals surface area contributed by atoms with Gasteiger partial charge in [-0.3, -0.25) is 0 Å². The van der Waals surface area contributed by atoms with Crippen molar-refractivity contribution in [3.05, 3.63) is 11.6 Å². The lowest BCUT2D eigenvalue weighted by Gasteiger charge is -2.32. The molecule has 0 saturated heterocycles. The van der Waals surface area contributed by atoms with Crippen molar-refractivity contribution in [1.82, 2.24) is 0 Å². The van der Waals surface area contributed by atoms with Crippen molar-refractivity contribution in [2.24, 2.45) is 5.41 Å². The molecule has 17 heavy (non-hydrogen) atoms. The number of aliphatic hydroxyl groups excluding tert-OH is 1. The van der Waals surface area contributed by atoms with Crippen LogP contribution >= 0.6 is 0 Å². The van der Waals surface area contributed by atoms with Crippen LogP contribution in [0.1, 0.15) is 47.0 Å². The second-order valence-corrected chi connectivity index (χ2v) is 8.78. The molecule has 0 amide bonds.